The maximum Gasteiger partial charge on any atom is 0.227 e. The fraction of sp³-hybridized carbons (Fsp3) is 0.667. The Morgan fingerprint density at radius 1 is 1.24 bits per heavy atom. The van der Waals surface area contributed by atoms with Crippen LogP contribution in [-0.4, -0.2) is 44.9 Å². The minimum Gasteiger partial charge on any atom is -0.396 e. The highest BCUT2D eigenvalue weighted by Crippen LogP contribution is 2.24. The first-order chi connectivity index (χ1) is 12.2. The normalized spacial score (nSPS) is 15.9. The van der Waals surface area contributed by atoms with Crippen LogP contribution in [0.1, 0.15) is 45.4 Å². The Morgan fingerprint density at radius 2 is 1.96 bits per heavy atom. The van der Waals surface area contributed by atoms with Crippen LogP contribution >= 0.6 is 0 Å². The molecule has 1 saturated heterocycles. The summed E-state index contributed by atoms with van der Waals surface area (Å²) in [5.74, 6) is 3.15. The van der Waals surface area contributed by atoms with Gasteiger partial charge in [-0.05, 0) is 37.5 Å². The fourth-order valence-electron chi connectivity index (χ4n) is 3.21. The molecule has 0 unspecified atom stereocenters. The van der Waals surface area contributed by atoms with Gasteiger partial charge in [-0.3, -0.25) is 0 Å². The minimum absolute atomic E-state index is 0.291. The molecule has 1 N–H and O–H groups in total. The number of rotatable bonds is 7. The molecule has 25 heavy (non-hydrogen) atoms. The monoisotopic (exact) mass is 345 g/mol. The van der Waals surface area contributed by atoms with E-state index in [0.717, 1.165) is 56.7 Å². The summed E-state index contributed by atoms with van der Waals surface area (Å²) in [6.07, 6.45) is 8.59. The van der Waals surface area contributed by atoms with Crippen LogP contribution in [0.5, 0.6) is 0 Å². The van der Waals surface area contributed by atoms with Crippen molar-refractivity contribution < 1.29 is 9.63 Å². The van der Waals surface area contributed by atoms with E-state index < -0.39 is 0 Å². The van der Waals surface area contributed by atoms with Crippen LogP contribution in [0.25, 0.3) is 11.4 Å². The third-order valence-corrected chi connectivity index (χ3v) is 4.62. The molecule has 7 heteroatoms. The highest BCUT2D eigenvalue weighted by atomic mass is 16.5. The van der Waals surface area contributed by atoms with Crippen molar-refractivity contribution in [2.24, 2.45) is 11.8 Å². The third-order valence-electron chi connectivity index (χ3n) is 4.62. The van der Waals surface area contributed by atoms with E-state index >= 15 is 0 Å². The van der Waals surface area contributed by atoms with Crippen molar-refractivity contribution in [3.05, 3.63) is 18.3 Å². The molecule has 0 aliphatic carbocycles. The molecule has 136 valence electrons. The molecule has 7 nitrogen and oxygen atoms in total. The predicted molar refractivity (Wildman–Crippen MR) is 95.1 cm³/mol. The van der Waals surface area contributed by atoms with E-state index in [4.69, 9.17) is 9.63 Å². The number of anilines is 1. The van der Waals surface area contributed by atoms with Crippen LogP contribution in [-0.2, 0) is 6.42 Å². The SMILES string of the molecule is CC(C)Cc1nc(-c2cnc(N3CCC(CCCO)CC3)nc2)no1. The lowest BCUT2D eigenvalue weighted by atomic mass is 9.92. The molecule has 3 rings (SSSR count). The lowest BCUT2D eigenvalue weighted by Gasteiger charge is -2.31. The summed E-state index contributed by atoms with van der Waals surface area (Å²) in [6.45, 7) is 6.47. The van der Waals surface area contributed by atoms with Gasteiger partial charge in [-0.25, -0.2) is 9.97 Å². The molecule has 1 fully saturated rings. The van der Waals surface area contributed by atoms with Gasteiger partial charge in [-0.2, -0.15) is 4.98 Å². The van der Waals surface area contributed by atoms with Gasteiger partial charge in [0.15, 0.2) is 0 Å². The molecule has 0 bridgehead atoms. The van der Waals surface area contributed by atoms with E-state index in [1.54, 1.807) is 12.4 Å². The molecule has 2 aromatic heterocycles. The second-order valence-electron chi connectivity index (χ2n) is 7.18. The zero-order valence-corrected chi connectivity index (χ0v) is 15.1. The van der Waals surface area contributed by atoms with Crippen molar-refractivity contribution in [2.75, 3.05) is 24.6 Å². The summed E-state index contributed by atoms with van der Waals surface area (Å²) in [5.41, 5.74) is 0.778. The number of piperidine rings is 1. The van der Waals surface area contributed by atoms with Crippen molar-refractivity contribution in [2.45, 2.75) is 46.0 Å². The second-order valence-corrected chi connectivity index (χ2v) is 7.18. The van der Waals surface area contributed by atoms with Gasteiger partial charge in [0.1, 0.15) is 0 Å². The Labute approximate surface area is 148 Å². The van der Waals surface area contributed by atoms with E-state index in [2.05, 4.69) is 38.9 Å². The van der Waals surface area contributed by atoms with Crippen LogP contribution in [0, 0.1) is 11.8 Å². The standard InChI is InChI=1S/C18H27N5O2/c1-13(2)10-16-21-17(22-25-16)15-11-19-18(20-12-15)23-7-5-14(6-8-23)4-3-9-24/h11-14,24H,3-10H2,1-2H3. The number of hydrogen-bond acceptors (Lipinski definition) is 7. The van der Waals surface area contributed by atoms with E-state index in [1.165, 1.54) is 0 Å². The summed E-state index contributed by atoms with van der Waals surface area (Å²) in [4.78, 5) is 15.6. The molecular formula is C18H27N5O2. The first-order valence-electron chi connectivity index (χ1n) is 9.16. The number of aliphatic hydroxyl groups is 1. The van der Waals surface area contributed by atoms with Gasteiger partial charge in [0.2, 0.25) is 17.7 Å². The van der Waals surface area contributed by atoms with Crippen molar-refractivity contribution in [3.8, 4) is 11.4 Å². The van der Waals surface area contributed by atoms with E-state index in [9.17, 15) is 0 Å². The Kier molecular flexibility index (Phi) is 5.96. The molecule has 0 amide bonds. The van der Waals surface area contributed by atoms with Gasteiger partial charge in [0.25, 0.3) is 0 Å². The molecule has 3 heterocycles. The van der Waals surface area contributed by atoms with Crippen LogP contribution in [0.15, 0.2) is 16.9 Å². The topological polar surface area (TPSA) is 88.2 Å². The lowest BCUT2D eigenvalue weighted by molar-refractivity contribution is 0.261. The molecule has 0 atom stereocenters. The first kappa shape index (κ1) is 17.8. The number of aromatic nitrogens is 4. The average Bonchev–Trinajstić information content (AvgIpc) is 3.08. The van der Waals surface area contributed by atoms with Gasteiger partial charge < -0.3 is 14.5 Å². The Hall–Kier alpha value is -2.02. The molecule has 0 spiro atoms. The summed E-state index contributed by atoms with van der Waals surface area (Å²) < 4.78 is 5.28. The van der Waals surface area contributed by atoms with Gasteiger partial charge in [0, 0.05) is 38.5 Å². The molecule has 0 radical (unpaired) electrons. The zero-order valence-electron chi connectivity index (χ0n) is 15.1. The van der Waals surface area contributed by atoms with Crippen molar-refractivity contribution in [1.29, 1.82) is 0 Å². The highest BCUT2D eigenvalue weighted by Gasteiger charge is 2.21. The first-order valence-corrected chi connectivity index (χ1v) is 9.16. The number of hydrogen-bond donors (Lipinski definition) is 1. The van der Waals surface area contributed by atoms with Gasteiger partial charge in [0.05, 0.1) is 5.56 Å². The van der Waals surface area contributed by atoms with Gasteiger partial charge >= 0.3 is 0 Å². The molecule has 0 saturated carbocycles. The maximum atomic E-state index is 8.94. The van der Waals surface area contributed by atoms with Crippen LogP contribution in [0.3, 0.4) is 0 Å². The smallest absolute Gasteiger partial charge is 0.227 e. The predicted octanol–water partition coefficient (Wildman–Crippen LogP) is 2.71. The Bertz CT molecular complexity index is 648. The van der Waals surface area contributed by atoms with Crippen LogP contribution < -0.4 is 4.90 Å². The van der Waals surface area contributed by atoms with Gasteiger partial charge in [-0.15, -0.1) is 0 Å². The van der Waals surface area contributed by atoms with Crippen LogP contribution in [0.2, 0.25) is 0 Å². The minimum atomic E-state index is 0.291. The van der Waals surface area contributed by atoms with Crippen molar-refractivity contribution >= 4 is 5.95 Å². The Balaban J connectivity index is 1.58. The fourth-order valence-corrected chi connectivity index (χ4v) is 3.21. The van der Waals surface area contributed by atoms with Crippen LogP contribution in [0.4, 0.5) is 5.95 Å². The Morgan fingerprint density at radius 3 is 2.60 bits per heavy atom. The highest BCUT2D eigenvalue weighted by molar-refractivity contribution is 5.52. The summed E-state index contributed by atoms with van der Waals surface area (Å²) >= 11 is 0. The maximum absolute atomic E-state index is 8.94. The summed E-state index contributed by atoms with van der Waals surface area (Å²) in [7, 11) is 0. The van der Waals surface area contributed by atoms with E-state index in [1.807, 2.05) is 0 Å². The molecular weight excluding hydrogens is 318 g/mol. The number of nitrogens with zero attached hydrogens (tertiary/aromatic N) is 5. The molecule has 0 aromatic carbocycles. The summed E-state index contributed by atoms with van der Waals surface area (Å²) in [6, 6.07) is 0. The third kappa shape index (κ3) is 4.75. The lowest BCUT2D eigenvalue weighted by Crippen LogP contribution is -2.34. The quantitative estimate of drug-likeness (QED) is 0.825. The zero-order chi connectivity index (χ0) is 17.6. The molecule has 1 aliphatic heterocycles. The largest absolute Gasteiger partial charge is 0.396 e. The molecule has 1 aliphatic rings. The van der Waals surface area contributed by atoms with Crippen molar-refractivity contribution in [1.82, 2.24) is 20.1 Å². The van der Waals surface area contributed by atoms with Crippen molar-refractivity contribution in [3.63, 3.8) is 0 Å². The summed E-state index contributed by atoms with van der Waals surface area (Å²) in [5, 5.41) is 13.0. The average molecular weight is 345 g/mol. The van der Waals surface area contributed by atoms with E-state index in [0.29, 0.717) is 30.2 Å². The molecule has 2 aromatic rings. The second kappa shape index (κ2) is 8.38. The van der Waals surface area contributed by atoms with Gasteiger partial charge in [-0.1, -0.05) is 19.0 Å². The number of aliphatic hydroxyl groups excluding tert-OH is 1. The van der Waals surface area contributed by atoms with E-state index in [-0.39, 0.29) is 0 Å².